The molecule has 1 aromatic heterocycles. The van der Waals surface area contributed by atoms with Crippen molar-refractivity contribution in [1.29, 1.82) is 0 Å². The second-order valence-electron chi connectivity index (χ2n) is 4.20. The van der Waals surface area contributed by atoms with Crippen molar-refractivity contribution in [2.24, 2.45) is 0 Å². The molecule has 2 rings (SSSR count). The second kappa shape index (κ2) is 5.30. The molecular formula is C12H11ClN4O3. The van der Waals surface area contributed by atoms with Crippen molar-refractivity contribution in [1.82, 2.24) is 9.55 Å². The van der Waals surface area contributed by atoms with Crippen molar-refractivity contribution in [2.45, 2.75) is 13.5 Å². The molecule has 0 aliphatic heterocycles. The minimum atomic E-state index is -0.476. The maximum absolute atomic E-state index is 11.9. The van der Waals surface area contributed by atoms with Crippen LogP contribution in [0.25, 0.3) is 0 Å². The third-order valence-electron chi connectivity index (χ3n) is 2.98. The summed E-state index contributed by atoms with van der Waals surface area (Å²) >= 11 is 5.65. The van der Waals surface area contributed by atoms with Gasteiger partial charge in [0.1, 0.15) is 5.69 Å². The standard InChI is InChI=1S/C12H11ClN4O3/c1-7-8(3-2-4-9(7)17(19)20)5-16-6-15-11(13)10(14)12(16)18/h2-4,6H,5,14H2,1H3. The zero-order chi connectivity index (χ0) is 14.9. The maximum atomic E-state index is 11.9. The highest BCUT2D eigenvalue weighted by Gasteiger charge is 2.14. The Bertz CT molecular complexity index is 742. The molecule has 2 aromatic rings. The van der Waals surface area contributed by atoms with E-state index in [0.29, 0.717) is 11.1 Å². The van der Waals surface area contributed by atoms with Crippen molar-refractivity contribution in [2.75, 3.05) is 5.73 Å². The van der Waals surface area contributed by atoms with E-state index in [0.717, 1.165) is 0 Å². The second-order valence-corrected chi connectivity index (χ2v) is 4.56. The van der Waals surface area contributed by atoms with E-state index in [9.17, 15) is 14.9 Å². The minimum Gasteiger partial charge on any atom is -0.392 e. The van der Waals surface area contributed by atoms with E-state index in [1.807, 2.05) is 0 Å². The molecule has 0 aliphatic carbocycles. The van der Waals surface area contributed by atoms with Crippen molar-refractivity contribution >= 4 is 23.0 Å². The first-order valence-electron chi connectivity index (χ1n) is 5.65. The van der Waals surface area contributed by atoms with E-state index in [1.54, 1.807) is 19.1 Å². The molecule has 0 atom stereocenters. The number of aromatic nitrogens is 2. The number of nitrogens with zero attached hydrogens (tertiary/aromatic N) is 3. The van der Waals surface area contributed by atoms with Crippen molar-refractivity contribution in [3.63, 3.8) is 0 Å². The Labute approximate surface area is 118 Å². The number of hydrogen-bond acceptors (Lipinski definition) is 5. The number of nitrogens with two attached hydrogens (primary N) is 1. The fourth-order valence-electron chi connectivity index (χ4n) is 1.82. The van der Waals surface area contributed by atoms with Gasteiger partial charge in [0.25, 0.3) is 11.2 Å². The topological polar surface area (TPSA) is 104 Å². The van der Waals surface area contributed by atoms with Crippen LogP contribution in [-0.2, 0) is 6.54 Å². The fourth-order valence-corrected chi connectivity index (χ4v) is 1.94. The molecule has 0 spiro atoms. The lowest BCUT2D eigenvalue weighted by Crippen LogP contribution is -2.24. The molecule has 7 nitrogen and oxygen atoms in total. The maximum Gasteiger partial charge on any atom is 0.278 e. The Morgan fingerprint density at radius 2 is 2.20 bits per heavy atom. The van der Waals surface area contributed by atoms with E-state index < -0.39 is 10.5 Å². The molecule has 0 fully saturated rings. The van der Waals surface area contributed by atoms with Gasteiger partial charge in [0, 0.05) is 11.6 Å². The van der Waals surface area contributed by atoms with Gasteiger partial charge < -0.3 is 5.73 Å². The van der Waals surface area contributed by atoms with Gasteiger partial charge in [-0.05, 0) is 12.5 Å². The van der Waals surface area contributed by atoms with E-state index in [2.05, 4.69) is 4.98 Å². The predicted octanol–water partition coefficient (Wildman–Crippen LogP) is 1.74. The van der Waals surface area contributed by atoms with Crippen molar-refractivity contribution in [3.8, 4) is 0 Å². The molecule has 104 valence electrons. The van der Waals surface area contributed by atoms with Gasteiger partial charge in [-0.25, -0.2) is 4.98 Å². The lowest BCUT2D eigenvalue weighted by atomic mass is 10.1. The lowest BCUT2D eigenvalue weighted by Gasteiger charge is -2.09. The minimum absolute atomic E-state index is 0.00504. The third kappa shape index (κ3) is 2.48. The zero-order valence-corrected chi connectivity index (χ0v) is 11.3. The first-order valence-corrected chi connectivity index (χ1v) is 6.03. The van der Waals surface area contributed by atoms with Gasteiger partial charge in [0.15, 0.2) is 5.15 Å². The van der Waals surface area contributed by atoms with Crippen LogP contribution in [0.4, 0.5) is 11.4 Å². The average molecular weight is 295 g/mol. The molecule has 0 aliphatic rings. The third-order valence-corrected chi connectivity index (χ3v) is 3.28. The van der Waals surface area contributed by atoms with Crippen LogP contribution in [0.1, 0.15) is 11.1 Å². The quantitative estimate of drug-likeness (QED) is 0.527. The number of nitro groups is 1. The first-order chi connectivity index (χ1) is 9.41. The molecule has 0 saturated heterocycles. The van der Waals surface area contributed by atoms with Crippen LogP contribution in [0, 0.1) is 17.0 Å². The summed E-state index contributed by atoms with van der Waals surface area (Å²) in [6.45, 7) is 1.77. The summed E-state index contributed by atoms with van der Waals surface area (Å²) in [6.07, 6.45) is 1.26. The Hall–Kier alpha value is -2.41. The summed E-state index contributed by atoms with van der Waals surface area (Å²) in [4.78, 5) is 26.1. The molecular weight excluding hydrogens is 284 g/mol. The largest absolute Gasteiger partial charge is 0.392 e. The zero-order valence-electron chi connectivity index (χ0n) is 10.5. The van der Waals surface area contributed by atoms with E-state index >= 15 is 0 Å². The normalized spacial score (nSPS) is 10.5. The van der Waals surface area contributed by atoms with Crippen LogP contribution >= 0.6 is 11.6 Å². The summed E-state index contributed by atoms with van der Waals surface area (Å²) in [5.74, 6) is 0. The summed E-state index contributed by atoms with van der Waals surface area (Å²) in [5, 5.41) is 10.8. The molecule has 0 saturated carbocycles. The molecule has 0 bridgehead atoms. The Balaban J connectivity index is 2.46. The smallest absolute Gasteiger partial charge is 0.278 e. The summed E-state index contributed by atoms with van der Waals surface area (Å²) in [7, 11) is 0. The van der Waals surface area contributed by atoms with Gasteiger partial charge >= 0.3 is 0 Å². The monoisotopic (exact) mass is 294 g/mol. The number of hydrogen-bond donors (Lipinski definition) is 1. The van der Waals surface area contributed by atoms with Gasteiger partial charge in [-0.3, -0.25) is 19.5 Å². The molecule has 2 N–H and O–H groups in total. The summed E-state index contributed by atoms with van der Waals surface area (Å²) in [6, 6.07) is 4.69. The van der Waals surface area contributed by atoms with Gasteiger partial charge in [0.05, 0.1) is 17.8 Å². The predicted molar refractivity (Wildman–Crippen MR) is 74.9 cm³/mol. The Morgan fingerprint density at radius 3 is 2.85 bits per heavy atom. The lowest BCUT2D eigenvalue weighted by molar-refractivity contribution is -0.385. The number of rotatable bonds is 3. The fraction of sp³-hybridized carbons (Fsp3) is 0.167. The summed E-state index contributed by atoms with van der Waals surface area (Å²) < 4.78 is 1.26. The molecule has 0 unspecified atom stereocenters. The summed E-state index contributed by atoms with van der Waals surface area (Å²) in [5.41, 5.74) is 6.05. The molecule has 0 radical (unpaired) electrons. The van der Waals surface area contributed by atoms with Crippen LogP contribution in [0.5, 0.6) is 0 Å². The highest BCUT2D eigenvalue weighted by Crippen LogP contribution is 2.21. The van der Waals surface area contributed by atoms with Crippen LogP contribution in [0.15, 0.2) is 29.3 Å². The average Bonchev–Trinajstić information content (AvgIpc) is 2.41. The number of anilines is 1. The van der Waals surface area contributed by atoms with Crippen LogP contribution in [0.2, 0.25) is 5.15 Å². The van der Waals surface area contributed by atoms with Crippen LogP contribution in [-0.4, -0.2) is 14.5 Å². The van der Waals surface area contributed by atoms with Crippen LogP contribution in [0.3, 0.4) is 0 Å². The van der Waals surface area contributed by atoms with E-state index in [4.69, 9.17) is 17.3 Å². The van der Waals surface area contributed by atoms with Gasteiger partial charge in [-0.1, -0.05) is 23.7 Å². The SMILES string of the molecule is Cc1c(Cn2cnc(Cl)c(N)c2=O)cccc1[N+](=O)[O-]. The number of nitro benzene ring substituents is 1. The molecule has 20 heavy (non-hydrogen) atoms. The first kappa shape index (κ1) is 14.0. The van der Waals surface area contributed by atoms with Gasteiger partial charge in [-0.15, -0.1) is 0 Å². The Morgan fingerprint density at radius 1 is 1.50 bits per heavy atom. The van der Waals surface area contributed by atoms with Gasteiger partial charge in [-0.2, -0.15) is 0 Å². The van der Waals surface area contributed by atoms with Crippen molar-refractivity contribution < 1.29 is 4.92 Å². The highest BCUT2D eigenvalue weighted by atomic mass is 35.5. The molecule has 1 heterocycles. The molecule has 8 heteroatoms. The molecule has 1 aromatic carbocycles. The van der Waals surface area contributed by atoms with E-state index in [1.165, 1.54) is 17.0 Å². The molecule has 0 amide bonds. The highest BCUT2D eigenvalue weighted by molar-refractivity contribution is 6.31. The van der Waals surface area contributed by atoms with Crippen LogP contribution < -0.4 is 11.3 Å². The number of halogens is 1. The number of benzene rings is 1. The number of nitrogen functional groups attached to an aromatic ring is 1. The van der Waals surface area contributed by atoms with Gasteiger partial charge in [0.2, 0.25) is 0 Å². The Kier molecular flexibility index (Phi) is 3.71. The van der Waals surface area contributed by atoms with Crippen molar-refractivity contribution in [3.05, 3.63) is 61.3 Å². The van der Waals surface area contributed by atoms with E-state index in [-0.39, 0.29) is 23.1 Å².